The lowest BCUT2D eigenvalue weighted by atomic mass is 10.2. The van der Waals surface area contributed by atoms with Gasteiger partial charge in [-0.3, -0.25) is 4.72 Å². The lowest BCUT2D eigenvalue weighted by molar-refractivity contribution is -0.137. The van der Waals surface area contributed by atoms with Crippen LogP contribution >= 0.6 is 0 Å². The van der Waals surface area contributed by atoms with Gasteiger partial charge < -0.3 is 0 Å². The summed E-state index contributed by atoms with van der Waals surface area (Å²) in [6.45, 7) is 0. The highest BCUT2D eigenvalue weighted by atomic mass is 32.2. The summed E-state index contributed by atoms with van der Waals surface area (Å²) >= 11 is 0. The first-order valence-corrected chi connectivity index (χ1v) is 7.12. The fourth-order valence-corrected chi connectivity index (χ4v) is 2.70. The summed E-state index contributed by atoms with van der Waals surface area (Å²) in [5.41, 5.74) is -1.16. The van der Waals surface area contributed by atoms with Crippen LogP contribution in [0.2, 0.25) is 0 Å². The van der Waals surface area contributed by atoms with Crippen molar-refractivity contribution in [2.24, 2.45) is 0 Å². The van der Waals surface area contributed by atoms with Crippen LogP contribution in [0.4, 0.5) is 23.2 Å². The first-order chi connectivity index (χ1) is 9.68. The SMILES string of the molecule is O=S(=O)(Nc1cccc(F)c1)c1cccc(C(F)(F)F)c1. The number of anilines is 1. The lowest BCUT2D eigenvalue weighted by Gasteiger charge is -2.11. The van der Waals surface area contributed by atoms with Gasteiger partial charge >= 0.3 is 6.18 Å². The van der Waals surface area contributed by atoms with Crippen molar-refractivity contribution in [3.63, 3.8) is 0 Å². The Labute approximate surface area is 118 Å². The Kier molecular flexibility index (Phi) is 3.91. The van der Waals surface area contributed by atoms with Gasteiger partial charge in [0.05, 0.1) is 16.1 Å². The molecule has 0 bridgehead atoms. The Morgan fingerprint density at radius 1 is 0.952 bits per heavy atom. The topological polar surface area (TPSA) is 46.2 Å². The second-order valence-corrected chi connectivity index (χ2v) is 5.82. The van der Waals surface area contributed by atoms with Crippen LogP contribution < -0.4 is 4.72 Å². The van der Waals surface area contributed by atoms with Gasteiger partial charge in [-0.25, -0.2) is 12.8 Å². The van der Waals surface area contributed by atoms with Crippen molar-refractivity contribution >= 4 is 15.7 Å². The van der Waals surface area contributed by atoms with Gasteiger partial charge in [-0.15, -0.1) is 0 Å². The molecule has 0 saturated carbocycles. The molecule has 8 heteroatoms. The van der Waals surface area contributed by atoms with Crippen molar-refractivity contribution in [1.29, 1.82) is 0 Å². The van der Waals surface area contributed by atoms with Crippen LogP contribution in [0.3, 0.4) is 0 Å². The van der Waals surface area contributed by atoms with Crippen LogP contribution in [0.15, 0.2) is 53.4 Å². The highest BCUT2D eigenvalue weighted by Crippen LogP contribution is 2.30. The molecule has 112 valence electrons. The summed E-state index contributed by atoms with van der Waals surface area (Å²) in [5.74, 6) is -0.667. The predicted molar refractivity (Wildman–Crippen MR) is 68.7 cm³/mol. The Morgan fingerprint density at radius 3 is 2.24 bits per heavy atom. The van der Waals surface area contributed by atoms with E-state index in [1.807, 2.05) is 4.72 Å². The second-order valence-electron chi connectivity index (χ2n) is 4.14. The smallest absolute Gasteiger partial charge is 0.280 e. The van der Waals surface area contributed by atoms with Crippen LogP contribution in [0.5, 0.6) is 0 Å². The molecule has 0 unspecified atom stereocenters. The minimum atomic E-state index is -4.65. The summed E-state index contributed by atoms with van der Waals surface area (Å²) in [7, 11) is -4.23. The Balaban J connectivity index is 2.36. The third-order valence-corrected chi connectivity index (χ3v) is 3.93. The quantitative estimate of drug-likeness (QED) is 0.878. The van der Waals surface area contributed by atoms with E-state index >= 15 is 0 Å². The summed E-state index contributed by atoms with van der Waals surface area (Å²) in [6.07, 6.45) is -4.65. The molecular formula is C13H9F4NO2S. The molecule has 0 atom stereocenters. The molecule has 0 aliphatic rings. The molecule has 0 aromatic heterocycles. The van der Waals surface area contributed by atoms with Gasteiger partial charge in [-0.2, -0.15) is 13.2 Å². The van der Waals surface area contributed by atoms with Crippen LogP contribution in [0.25, 0.3) is 0 Å². The molecule has 0 amide bonds. The highest BCUT2D eigenvalue weighted by Gasteiger charge is 2.31. The maximum absolute atomic E-state index is 13.0. The average Bonchev–Trinajstić information content (AvgIpc) is 2.37. The van der Waals surface area contributed by atoms with Crippen molar-refractivity contribution in [3.05, 3.63) is 59.9 Å². The summed E-state index contributed by atoms with van der Waals surface area (Å²) in [5, 5.41) is 0. The van der Waals surface area contributed by atoms with Gasteiger partial charge in [-0.1, -0.05) is 12.1 Å². The van der Waals surface area contributed by atoms with Crippen molar-refractivity contribution in [3.8, 4) is 0 Å². The van der Waals surface area contributed by atoms with E-state index in [-0.39, 0.29) is 5.69 Å². The summed E-state index contributed by atoms with van der Waals surface area (Å²) < 4.78 is 76.7. The monoisotopic (exact) mass is 319 g/mol. The minimum Gasteiger partial charge on any atom is -0.280 e. The third-order valence-electron chi connectivity index (χ3n) is 2.55. The maximum Gasteiger partial charge on any atom is 0.416 e. The van der Waals surface area contributed by atoms with Gasteiger partial charge in [-0.05, 0) is 36.4 Å². The molecule has 3 nitrogen and oxygen atoms in total. The van der Waals surface area contributed by atoms with Crippen LogP contribution in [-0.4, -0.2) is 8.42 Å². The molecule has 0 aliphatic carbocycles. The minimum absolute atomic E-state index is 0.0765. The molecule has 0 radical (unpaired) electrons. The number of rotatable bonds is 3. The molecule has 2 aromatic rings. The fraction of sp³-hybridized carbons (Fsp3) is 0.0769. The number of alkyl halides is 3. The largest absolute Gasteiger partial charge is 0.416 e. The highest BCUT2D eigenvalue weighted by molar-refractivity contribution is 7.92. The first-order valence-electron chi connectivity index (χ1n) is 5.64. The molecule has 0 spiro atoms. The molecule has 2 rings (SSSR count). The normalized spacial score (nSPS) is 12.2. The second kappa shape index (κ2) is 5.36. The zero-order chi connectivity index (χ0) is 15.7. The van der Waals surface area contributed by atoms with E-state index in [1.54, 1.807) is 0 Å². The van der Waals surface area contributed by atoms with Gasteiger partial charge in [0, 0.05) is 0 Å². The zero-order valence-corrected chi connectivity index (χ0v) is 11.2. The number of benzene rings is 2. The van der Waals surface area contributed by atoms with E-state index in [9.17, 15) is 26.0 Å². The molecule has 1 N–H and O–H groups in total. The van der Waals surface area contributed by atoms with Crippen LogP contribution in [0.1, 0.15) is 5.56 Å². The summed E-state index contributed by atoms with van der Waals surface area (Å²) in [4.78, 5) is -0.554. The zero-order valence-electron chi connectivity index (χ0n) is 10.4. The van der Waals surface area contributed by atoms with Crippen LogP contribution in [-0.2, 0) is 16.2 Å². The molecule has 0 heterocycles. The maximum atomic E-state index is 13.0. The van der Waals surface area contributed by atoms with Crippen molar-refractivity contribution in [2.45, 2.75) is 11.1 Å². The average molecular weight is 319 g/mol. The molecule has 0 saturated heterocycles. The van der Waals surface area contributed by atoms with Gasteiger partial charge in [0.15, 0.2) is 0 Å². The molecule has 2 aromatic carbocycles. The third kappa shape index (κ3) is 3.72. The Morgan fingerprint density at radius 2 is 1.62 bits per heavy atom. The molecular weight excluding hydrogens is 310 g/mol. The van der Waals surface area contributed by atoms with Crippen LogP contribution in [0, 0.1) is 5.82 Å². The number of halogens is 4. The predicted octanol–water partition coefficient (Wildman–Crippen LogP) is 3.65. The van der Waals surface area contributed by atoms with Crippen molar-refractivity contribution < 1.29 is 26.0 Å². The van der Waals surface area contributed by atoms with E-state index < -0.39 is 32.5 Å². The first kappa shape index (κ1) is 15.3. The number of hydrogen-bond acceptors (Lipinski definition) is 2. The number of nitrogens with one attached hydrogen (secondary N) is 1. The van der Waals surface area contributed by atoms with E-state index in [0.717, 1.165) is 30.3 Å². The van der Waals surface area contributed by atoms with E-state index in [1.165, 1.54) is 12.1 Å². The standard InChI is InChI=1S/C13H9F4NO2S/c14-10-4-2-5-11(8-10)18-21(19,20)12-6-1-3-9(7-12)13(15,16)17/h1-8,18H. The Bertz CT molecular complexity index is 757. The van der Waals surface area contributed by atoms with Crippen molar-refractivity contribution in [1.82, 2.24) is 0 Å². The van der Waals surface area contributed by atoms with Gasteiger partial charge in [0.25, 0.3) is 10.0 Å². The Hall–Kier alpha value is -2.09. The summed E-state index contributed by atoms with van der Waals surface area (Å²) in [6, 6.07) is 7.89. The van der Waals surface area contributed by atoms with E-state index in [4.69, 9.17) is 0 Å². The van der Waals surface area contributed by atoms with Crippen molar-refractivity contribution in [2.75, 3.05) is 4.72 Å². The van der Waals surface area contributed by atoms with Gasteiger partial charge in [0.2, 0.25) is 0 Å². The van der Waals surface area contributed by atoms with E-state index in [0.29, 0.717) is 6.07 Å². The number of hydrogen-bond donors (Lipinski definition) is 1. The number of sulfonamides is 1. The van der Waals surface area contributed by atoms with Gasteiger partial charge in [0.1, 0.15) is 5.82 Å². The lowest BCUT2D eigenvalue weighted by Crippen LogP contribution is -2.14. The fourth-order valence-electron chi connectivity index (χ4n) is 1.61. The molecule has 0 aliphatic heterocycles. The molecule has 0 fully saturated rings. The molecule has 21 heavy (non-hydrogen) atoms. The van der Waals surface area contributed by atoms with E-state index in [2.05, 4.69) is 0 Å².